The summed E-state index contributed by atoms with van der Waals surface area (Å²) in [5, 5.41) is 12.3. The van der Waals surface area contributed by atoms with Crippen LogP contribution in [0, 0.1) is 5.82 Å². The van der Waals surface area contributed by atoms with E-state index in [1.165, 1.54) is 12.1 Å². The SMILES string of the molecule is CCCCN[C@@H](C)c1ccc(O)c(F)c1. The smallest absolute Gasteiger partial charge is 0.165 e. The molecule has 0 aliphatic carbocycles. The van der Waals surface area contributed by atoms with Crippen LogP contribution in [0.4, 0.5) is 4.39 Å². The van der Waals surface area contributed by atoms with Gasteiger partial charge in [-0.05, 0) is 37.6 Å². The maximum atomic E-state index is 13.1. The zero-order valence-corrected chi connectivity index (χ0v) is 9.26. The first kappa shape index (κ1) is 12.0. The van der Waals surface area contributed by atoms with Gasteiger partial charge in [0, 0.05) is 6.04 Å². The quantitative estimate of drug-likeness (QED) is 0.734. The summed E-state index contributed by atoms with van der Waals surface area (Å²) >= 11 is 0. The first-order valence-electron chi connectivity index (χ1n) is 5.37. The van der Waals surface area contributed by atoms with Crippen LogP contribution in [0.3, 0.4) is 0 Å². The highest BCUT2D eigenvalue weighted by molar-refractivity contribution is 5.29. The van der Waals surface area contributed by atoms with Crippen LogP contribution < -0.4 is 5.32 Å². The molecule has 0 heterocycles. The van der Waals surface area contributed by atoms with Gasteiger partial charge < -0.3 is 10.4 Å². The Morgan fingerprint density at radius 3 is 2.80 bits per heavy atom. The number of rotatable bonds is 5. The van der Waals surface area contributed by atoms with Crippen molar-refractivity contribution in [2.24, 2.45) is 0 Å². The Kier molecular flexibility index (Phi) is 4.56. The molecule has 0 unspecified atom stereocenters. The average Bonchev–Trinajstić information content (AvgIpc) is 2.22. The third-order valence-electron chi connectivity index (χ3n) is 2.45. The van der Waals surface area contributed by atoms with Crippen molar-refractivity contribution in [3.05, 3.63) is 29.6 Å². The molecule has 0 aliphatic heterocycles. The van der Waals surface area contributed by atoms with Gasteiger partial charge in [0.2, 0.25) is 0 Å². The number of hydrogen-bond acceptors (Lipinski definition) is 2. The molecule has 1 rings (SSSR count). The largest absolute Gasteiger partial charge is 0.505 e. The molecular weight excluding hydrogens is 193 g/mol. The van der Waals surface area contributed by atoms with Gasteiger partial charge in [0.15, 0.2) is 11.6 Å². The van der Waals surface area contributed by atoms with E-state index < -0.39 is 5.82 Å². The maximum Gasteiger partial charge on any atom is 0.165 e. The number of nitrogens with one attached hydrogen (secondary N) is 1. The van der Waals surface area contributed by atoms with E-state index in [0.29, 0.717) is 0 Å². The standard InChI is InChI=1S/C12H18FNO/c1-3-4-7-14-9(2)10-5-6-12(15)11(13)8-10/h5-6,8-9,14-15H,3-4,7H2,1-2H3/t9-/m0/s1. The average molecular weight is 211 g/mol. The predicted octanol–water partition coefficient (Wildman–Crippen LogP) is 2.98. The number of benzene rings is 1. The van der Waals surface area contributed by atoms with Gasteiger partial charge in [-0.1, -0.05) is 19.4 Å². The topological polar surface area (TPSA) is 32.3 Å². The Labute approximate surface area is 90.1 Å². The Hall–Kier alpha value is -1.09. The molecule has 84 valence electrons. The van der Waals surface area contributed by atoms with Gasteiger partial charge in [-0.3, -0.25) is 0 Å². The number of aromatic hydroxyl groups is 1. The maximum absolute atomic E-state index is 13.1. The number of unbranched alkanes of at least 4 members (excludes halogenated alkanes) is 1. The highest BCUT2D eigenvalue weighted by atomic mass is 19.1. The Morgan fingerprint density at radius 2 is 2.20 bits per heavy atom. The van der Waals surface area contributed by atoms with E-state index in [4.69, 9.17) is 5.11 Å². The van der Waals surface area contributed by atoms with E-state index in [1.807, 2.05) is 6.92 Å². The number of hydrogen-bond donors (Lipinski definition) is 2. The fourth-order valence-corrected chi connectivity index (χ4v) is 1.41. The second-order valence-electron chi connectivity index (χ2n) is 3.74. The van der Waals surface area contributed by atoms with Crippen molar-refractivity contribution in [3.63, 3.8) is 0 Å². The van der Waals surface area contributed by atoms with E-state index in [1.54, 1.807) is 6.07 Å². The van der Waals surface area contributed by atoms with Crippen molar-refractivity contribution in [2.45, 2.75) is 32.7 Å². The molecule has 0 aromatic heterocycles. The molecule has 3 heteroatoms. The van der Waals surface area contributed by atoms with Gasteiger partial charge in [-0.25, -0.2) is 4.39 Å². The van der Waals surface area contributed by atoms with Gasteiger partial charge >= 0.3 is 0 Å². The minimum atomic E-state index is -0.559. The zero-order valence-electron chi connectivity index (χ0n) is 9.26. The minimum absolute atomic E-state index is 0.117. The van der Waals surface area contributed by atoms with Crippen molar-refractivity contribution < 1.29 is 9.50 Å². The van der Waals surface area contributed by atoms with E-state index in [-0.39, 0.29) is 11.8 Å². The van der Waals surface area contributed by atoms with Gasteiger partial charge in [0.25, 0.3) is 0 Å². The second-order valence-corrected chi connectivity index (χ2v) is 3.74. The molecule has 0 spiro atoms. The van der Waals surface area contributed by atoms with E-state index in [9.17, 15) is 4.39 Å². The lowest BCUT2D eigenvalue weighted by atomic mass is 10.1. The number of halogens is 1. The van der Waals surface area contributed by atoms with Crippen molar-refractivity contribution in [1.82, 2.24) is 5.32 Å². The summed E-state index contributed by atoms with van der Waals surface area (Å²) in [6.07, 6.45) is 2.26. The van der Waals surface area contributed by atoms with Crippen molar-refractivity contribution in [2.75, 3.05) is 6.54 Å². The van der Waals surface area contributed by atoms with Crippen molar-refractivity contribution in [1.29, 1.82) is 0 Å². The first-order valence-corrected chi connectivity index (χ1v) is 5.37. The van der Waals surface area contributed by atoms with E-state index in [2.05, 4.69) is 12.2 Å². The first-order chi connectivity index (χ1) is 7.15. The lowest BCUT2D eigenvalue weighted by molar-refractivity contribution is 0.430. The zero-order chi connectivity index (χ0) is 11.3. The van der Waals surface area contributed by atoms with Crippen LogP contribution in [0.15, 0.2) is 18.2 Å². The molecule has 0 saturated carbocycles. The number of phenolic OH excluding ortho intramolecular Hbond substituents is 1. The summed E-state index contributed by atoms with van der Waals surface area (Å²) in [5.41, 5.74) is 0.862. The molecule has 0 amide bonds. The van der Waals surface area contributed by atoms with Crippen molar-refractivity contribution >= 4 is 0 Å². The third kappa shape index (κ3) is 3.51. The monoisotopic (exact) mass is 211 g/mol. The van der Waals surface area contributed by atoms with Crippen LogP contribution in [-0.2, 0) is 0 Å². The third-order valence-corrected chi connectivity index (χ3v) is 2.45. The predicted molar refractivity (Wildman–Crippen MR) is 59.4 cm³/mol. The molecule has 0 radical (unpaired) electrons. The highest BCUT2D eigenvalue weighted by Crippen LogP contribution is 2.20. The van der Waals surface area contributed by atoms with Gasteiger partial charge in [-0.15, -0.1) is 0 Å². The number of phenols is 1. The normalized spacial score (nSPS) is 12.7. The summed E-state index contributed by atoms with van der Waals surface area (Å²) in [4.78, 5) is 0. The fraction of sp³-hybridized carbons (Fsp3) is 0.500. The van der Waals surface area contributed by atoms with Gasteiger partial charge in [0.05, 0.1) is 0 Å². The molecule has 15 heavy (non-hydrogen) atoms. The van der Waals surface area contributed by atoms with Crippen molar-refractivity contribution in [3.8, 4) is 5.75 Å². The summed E-state index contributed by atoms with van der Waals surface area (Å²) in [6.45, 7) is 5.05. The summed E-state index contributed by atoms with van der Waals surface area (Å²) in [6, 6.07) is 4.62. The van der Waals surface area contributed by atoms with Crippen LogP contribution in [0.25, 0.3) is 0 Å². The molecular formula is C12H18FNO. The van der Waals surface area contributed by atoms with Crippen LogP contribution in [0.2, 0.25) is 0 Å². The lowest BCUT2D eigenvalue weighted by Crippen LogP contribution is -2.19. The molecule has 0 aliphatic rings. The van der Waals surface area contributed by atoms with Gasteiger partial charge in [-0.2, -0.15) is 0 Å². The van der Waals surface area contributed by atoms with Crippen LogP contribution >= 0.6 is 0 Å². The van der Waals surface area contributed by atoms with Gasteiger partial charge in [0.1, 0.15) is 0 Å². The summed E-state index contributed by atoms with van der Waals surface area (Å²) in [5.74, 6) is -0.851. The van der Waals surface area contributed by atoms with E-state index in [0.717, 1.165) is 24.9 Å². The minimum Gasteiger partial charge on any atom is -0.505 e. The van der Waals surface area contributed by atoms with Crippen LogP contribution in [0.5, 0.6) is 5.75 Å². The Morgan fingerprint density at radius 1 is 1.47 bits per heavy atom. The fourth-order valence-electron chi connectivity index (χ4n) is 1.41. The molecule has 0 bridgehead atoms. The molecule has 1 aromatic carbocycles. The van der Waals surface area contributed by atoms with Crippen LogP contribution in [0.1, 0.15) is 38.3 Å². The molecule has 1 aromatic rings. The molecule has 2 N–H and O–H groups in total. The molecule has 0 fully saturated rings. The Bertz CT molecular complexity index is 314. The molecule has 0 saturated heterocycles. The lowest BCUT2D eigenvalue weighted by Gasteiger charge is -2.14. The highest BCUT2D eigenvalue weighted by Gasteiger charge is 2.07. The second kappa shape index (κ2) is 5.71. The molecule has 2 nitrogen and oxygen atoms in total. The molecule has 1 atom stereocenters. The van der Waals surface area contributed by atoms with Crippen LogP contribution in [-0.4, -0.2) is 11.7 Å². The van der Waals surface area contributed by atoms with E-state index >= 15 is 0 Å². The summed E-state index contributed by atoms with van der Waals surface area (Å²) < 4.78 is 13.1. The Balaban J connectivity index is 2.57. The summed E-state index contributed by atoms with van der Waals surface area (Å²) in [7, 11) is 0.